The molecule has 6 nitrogen and oxygen atoms in total. The Labute approximate surface area is 167 Å². The van der Waals surface area contributed by atoms with E-state index in [0.717, 1.165) is 5.56 Å². The molecule has 2 heterocycles. The van der Waals surface area contributed by atoms with Gasteiger partial charge in [0, 0.05) is 24.0 Å². The Bertz CT molecular complexity index is 1140. The first-order valence-electron chi connectivity index (χ1n) is 8.93. The number of fused-ring (bicyclic) bond motifs is 1. The molecule has 0 aliphatic carbocycles. The minimum atomic E-state index is -0.259. The molecule has 0 radical (unpaired) electrons. The van der Waals surface area contributed by atoms with Gasteiger partial charge in [0.05, 0.1) is 19.8 Å². The summed E-state index contributed by atoms with van der Waals surface area (Å²) in [5, 5.41) is 0. The third kappa shape index (κ3) is 3.87. The number of hydrogen-bond acceptors (Lipinski definition) is 6. The Morgan fingerprint density at radius 1 is 0.966 bits per heavy atom. The van der Waals surface area contributed by atoms with Crippen molar-refractivity contribution in [3.63, 3.8) is 0 Å². The van der Waals surface area contributed by atoms with Crippen LogP contribution in [0.25, 0.3) is 22.7 Å². The molecule has 2 aromatic carbocycles. The molecule has 144 valence electrons. The molecule has 0 amide bonds. The maximum atomic E-state index is 13.5. The van der Waals surface area contributed by atoms with Gasteiger partial charge in [-0.05, 0) is 48.0 Å². The number of methoxy groups -OCH3 is 2. The normalized spacial score (nSPS) is 11.4. The van der Waals surface area contributed by atoms with Crippen molar-refractivity contribution < 1.29 is 18.7 Å². The number of ether oxygens (including phenoxy) is 2. The highest BCUT2D eigenvalue weighted by Crippen LogP contribution is 2.29. The SMILES string of the molecule is COc1cc(OC)cc(C(=O)/C(=C\c2ccncc2)c2nc3ccccc3o2)c1. The van der Waals surface area contributed by atoms with Crippen molar-refractivity contribution in [2.24, 2.45) is 0 Å². The van der Waals surface area contributed by atoms with Gasteiger partial charge in [-0.3, -0.25) is 9.78 Å². The van der Waals surface area contributed by atoms with E-state index in [0.29, 0.717) is 33.7 Å². The van der Waals surface area contributed by atoms with Crippen molar-refractivity contribution in [1.29, 1.82) is 0 Å². The average molecular weight is 386 g/mol. The third-order valence-electron chi connectivity index (χ3n) is 4.40. The smallest absolute Gasteiger partial charge is 0.231 e. The first-order valence-corrected chi connectivity index (χ1v) is 8.93. The van der Waals surface area contributed by atoms with Crippen LogP contribution in [0.15, 0.2) is 71.4 Å². The van der Waals surface area contributed by atoms with Gasteiger partial charge in [-0.25, -0.2) is 4.98 Å². The molecule has 4 aromatic rings. The lowest BCUT2D eigenvalue weighted by atomic mass is 10.0. The molecular formula is C23H18N2O4. The number of nitrogens with zero attached hydrogens (tertiary/aromatic N) is 2. The summed E-state index contributed by atoms with van der Waals surface area (Å²) in [5.74, 6) is 1.03. The van der Waals surface area contributed by atoms with E-state index >= 15 is 0 Å². The highest BCUT2D eigenvalue weighted by atomic mass is 16.5. The zero-order valence-electron chi connectivity index (χ0n) is 16.0. The quantitative estimate of drug-likeness (QED) is 0.354. The van der Waals surface area contributed by atoms with E-state index in [-0.39, 0.29) is 11.7 Å². The van der Waals surface area contributed by atoms with Crippen LogP contribution < -0.4 is 9.47 Å². The van der Waals surface area contributed by atoms with E-state index in [1.54, 1.807) is 36.7 Å². The van der Waals surface area contributed by atoms with Crippen LogP contribution >= 0.6 is 0 Å². The Morgan fingerprint density at radius 3 is 2.31 bits per heavy atom. The molecule has 0 aliphatic rings. The van der Waals surface area contributed by atoms with E-state index in [1.807, 2.05) is 36.4 Å². The minimum absolute atomic E-state index is 0.245. The molecule has 0 saturated carbocycles. The summed E-state index contributed by atoms with van der Waals surface area (Å²) in [4.78, 5) is 22.0. The van der Waals surface area contributed by atoms with Gasteiger partial charge in [0.2, 0.25) is 5.89 Å². The van der Waals surface area contributed by atoms with Crippen LogP contribution in [0.4, 0.5) is 0 Å². The number of carbonyl (C=O) groups is 1. The summed E-state index contributed by atoms with van der Waals surface area (Å²) in [6, 6.07) is 16.0. The highest BCUT2D eigenvalue weighted by molar-refractivity contribution is 6.31. The monoisotopic (exact) mass is 386 g/mol. The standard InChI is InChI=1S/C23H18N2O4/c1-27-17-12-16(13-18(14-17)28-2)22(26)19(11-15-7-9-24-10-8-15)23-25-20-5-3-4-6-21(20)29-23/h3-14H,1-2H3/b19-11+. The lowest BCUT2D eigenvalue weighted by Crippen LogP contribution is -2.04. The number of carbonyl (C=O) groups excluding carboxylic acids is 1. The van der Waals surface area contributed by atoms with Crippen molar-refractivity contribution in [2.75, 3.05) is 14.2 Å². The van der Waals surface area contributed by atoms with Crippen LogP contribution in [-0.4, -0.2) is 30.0 Å². The first kappa shape index (κ1) is 18.4. The topological polar surface area (TPSA) is 74.5 Å². The Hall–Kier alpha value is -3.93. The van der Waals surface area contributed by atoms with Gasteiger partial charge in [0.15, 0.2) is 11.4 Å². The maximum absolute atomic E-state index is 13.5. The minimum Gasteiger partial charge on any atom is -0.497 e. The molecule has 29 heavy (non-hydrogen) atoms. The predicted molar refractivity (Wildman–Crippen MR) is 110 cm³/mol. The second-order valence-electron chi connectivity index (χ2n) is 6.26. The lowest BCUT2D eigenvalue weighted by Gasteiger charge is -2.09. The zero-order valence-corrected chi connectivity index (χ0v) is 16.0. The number of ketones is 1. The second kappa shape index (κ2) is 7.98. The van der Waals surface area contributed by atoms with Crippen molar-refractivity contribution in [2.45, 2.75) is 0 Å². The molecule has 0 saturated heterocycles. The molecule has 0 spiro atoms. The number of benzene rings is 2. The number of pyridine rings is 1. The van der Waals surface area contributed by atoms with E-state index in [4.69, 9.17) is 13.9 Å². The number of oxazole rings is 1. The third-order valence-corrected chi connectivity index (χ3v) is 4.40. The van der Waals surface area contributed by atoms with Crippen LogP contribution in [0.2, 0.25) is 0 Å². The fourth-order valence-corrected chi connectivity index (χ4v) is 2.93. The molecule has 0 unspecified atom stereocenters. The first-order chi connectivity index (χ1) is 14.2. The van der Waals surface area contributed by atoms with Crippen LogP contribution in [0.5, 0.6) is 11.5 Å². The summed E-state index contributed by atoms with van der Waals surface area (Å²) in [5.41, 5.74) is 2.82. The van der Waals surface area contributed by atoms with Crippen LogP contribution in [0, 0.1) is 0 Å². The Kier molecular flexibility index (Phi) is 5.07. The van der Waals surface area contributed by atoms with Gasteiger partial charge in [-0.2, -0.15) is 0 Å². The molecule has 0 fully saturated rings. The fourth-order valence-electron chi connectivity index (χ4n) is 2.93. The Balaban J connectivity index is 1.86. The molecule has 0 N–H and O–H groups in total. The van der Waals surface area contributed by atoms with Crippen LogP contribution in [0.3, 0.4) is 0 Å². The predicted octanol–water partition coefficient (Wildman–Crippen LogP) is 4.66. The molecule has 6 heteroatoms. The van der Waals surface area contributed by atoms with Crippen molar-refractivity contribution >= 4 is 28.5 Å². The number of allylic oxidation sites excluding steroid dienone is 1. The molecular weight excluding hydrogens is 368 g/mol. The van der Waals surface area contributed by atoms with Crippen molar-refractivity contribution in [1.82, 2.24) is 9.97 Å². The fraction of sp³-hybridized carbons (Fsp3) is 0.0870. The molecule has 0 atom stereocenters. The average Bonchev–Trinajstić information content (AvgIpc) is 3.21. The maximum Gasteiger partial charge on any atom is 0.231 e. The zero-order chi connectivity index (χ0) is 20.2. The lowest BCUT2D eigenvalue weighted by molar-refractivity contribution is 0.105. The molecule has 0 bridgehead atoms. The van der Waals surface area contributed by atoms with E-state index in [1.165, 1.54) is 14.2 Å². The van der Waals surface area contributed by atoms with Gasteiger partial charge < -0.3 is 13.9 Å². The second-order valence-corrected chi connectivity index (χ2v) is 6.26. The summed E-state index contributed by atoms with van der Waals surface area (Å²) in [7, 11) is 3.08. The number of hydrogen-bond donors (Lipinski definition) is 0. The molecule has 4 rings (SSSR count). The van der Waals surface area contributed by atoms with Gasteiger partial charge in [0.25, 0.3) is 0 Å². The van der Waals surface area contributed by atoms with Crippen molar-refractivity contribution in [3.05, 3.63) is 84.0 Å². The number of para-hydroxylation sites is 2. The van der Waals surface area contributed by atoms with Gasteiger partial charge in [-0.1, -0.05) is 12.1 Å². The van der Waals surface area contributed by atoms with E-state index in [2.05, 4.69) is 9.97 Å². The number of rotatable bonds is 6. The summed E-state index contributed by atoms with van der Waals surface area (Å²) < 4.78 is 16.5. The summed E-state index contributed by atoms with van der Waals surface area (Å²) in [6.07, 6.45) is 5.06. The van der Waals surface area contributed by atoms with E-state index < -0.39 is 0 Å². The summed E-state index contributed by atoms with van der Waals surface area (Å²) >= 11 is 0. The molecule has 2 aromatic heterocycles. The molecule has 0 aliphatic heterocycles. The van der Waals surface area contributed by atoms with E-state index in [9.17, 15) is 4.79 Å². The van der Waals surface area contributed by atoms with Crippen LogP contribution in [-0.2, 0) is 0 Å². The number of aromatic nitrogens is 2. The van der Waals surface area contributed by atoms with Crippen molar-refractivity contribution in [3.8, 4) is 11.5 Å². The largest absolute Gasteiger partial charge is 0.497 e. The van der Waals surface area contributed by atoms with Gasteiger partial charge in [-0.15, -0.1) is 0 Å². The Morgan fingerprint density at radius 2 is 1.66 bits per heavy atom. The summed E-state index contributed by atoms with van der Waals surface area (Å²) in [6.45, 7) is 0. The van der Waals surface area contributed by atoms with Crippen LogP contribution in [0.1, 0.15) is 21.8 Å². The van der Waals surface area contributed by atoms with Gasteiger partial charge in [0.1, 0.15) is 17.0 Å². The highest BCUT2D eigenvalue weighted by Gasteiger charge is 2.21. The van der Waals surface area contributed by atoms with Gasteiger partial charge >= 0.3 is 0 Å². The number of Topliss-reactive ketones (excluding diaryl/α,β-unsaturated/α-hetero) is 1.